The molecule has 3 aromatic carbocycles. The fourth-order valence-electron chi connectivity index (χ4n) is 4.53. The Morgan fingerprint density at radius 2 is 1.56 bits per heavy atom. The van der Waals surface area contributed by atoms with Gasteiger partial charge in [0.2, 0.25) is 0 Å². The molecular weight excluding hydrogens is 494 g/mol. The lowest BCUT2D eigenvalue weighted by molar-refractivity contribution is -0.132. The van der Waals surface area contributed by atoms with Crippen molar-refractivity contribution in [3.05, 3.63) is 89.0 Å². The number of hydrogen-bond donors (Lipinski definition) is 1. The molecule has 0 spiro atoms. The summed E-state index contributed by atoms with van der Waals surface area (Å²) >= 11 is 0. The lowest BCUT2D eigenvalue weighted by Gasteiger charge is -2.26. The number of aryl methyl sites for hydroxylation is 1. The van der Waals surface area contributed by atoms with E-state index >= 15 is 0 Å². The summed E-state index contributed by atoms with van der Waals surface area (Å²) in [6.07, 6.45) is -0.00463. The Morgan fingerprint density at radius 1 is 0.923 bits per heavy atom. The van der Waals surface area contributed by atoms with Crippen LogP contribution in [0.25, 0.3) is 5.76 Å². The number of amides is 1. The first kappa shape index (κ1) is 27.8. The third kappa shape index (κ3) is 5.93. The third-order valence-corrected chi connectivity index (χ3v) is 6.38. The summed E-state index contributed by atoms with van der Waals surface area (Å²) in [7, 11) is 1.57. The van der Waals surface area contributed by atoms with E-state index in [0.717, 1.165) is 5.56 Å². The molecule has 3 aromatic rings. The Kier molecular flexibility index (Phi) is 8.29. The Morgan fingerprint density at radius 3 is 2.13 bits per heavy atom. The van der Waals surface area contributed by atoms with Gasteiger partial charge in [-0.3, -0.25) is 14.5 Å². The van der Waals surface area contributed by atoms with E-state index in [1.165, 1.54) is 4.90 Å². The summed E-state index contributed by atoms with van der Waals surface area (Å²) in [5.74, 6) is 0.646. The maximum Gasteiger partial charge on any atom is 0.300 e. The van der Waals surface area contributed by atoms with Crippen molar-refractivity contribution in [2.45, 2.75) is 46.8 Å². The van der Waals surface area contributed by atoms with Crippen LogP contribution in [0.5, 0.6) is 17.2 Å². The number of benzene rings is 3. The number of methoxy groups -OCH3 is 1. The van der Waals surface area contributed by atoms with E-state index in [0.29, 0.717) is 46.6 Å². The zero-order chi connectivity index (χ0) is 28.3. The second-order valence-electron chi connectivity index (χ2n) is 10.3. The summed E-state index contributed by atoms with van der Waals surface area (Å²) in [5, 5.41) is 11.5. The van der Waals surface area contributed by atoms with Crippen molar-refractivity contribution in [2.24, 2.45) is 5.92 Å². The van der Waals surface area contributed by atoms with Crippen molar-refractivity contribution in [3.63, 3.8) is 0 Å². The molecule has 1 aliphatic heterocycles. The minimum absolute atomic E-state index is 0.00463. The molecule has 1 saturated heterocycles. The minimum Gasteiger partial charge on any atom is -0.507 e. The molecule has 0 bridgehead atoms. The number of aliphatic hydroxyl groups is 1. The molecule has 0 aromatic heterocycles. The van der Waals surface area contributed by atoms with Gasteiger partial charge in [-0.05, 0) is 92.4 Å². The Hall–Kier alpha value is -4.26. The molecule has 4 rings (SSSR count). The number of rotatable bonds is 9. The van der Waals surface area contributed by atoms with Gasteiger partial charge in [-0.1, -0.05) is 26.0 Å². The molecule has 1 fully saturated rings. The fourth-order valence-corrected chi connectivity index (χ4v) is 4.53. The summed E-state index contributed by atoms with van der Waals surface area (Å²) < 4.78 is 16.9. The summed E-state index contributed by atoms with van der Waals surface area (Å²) in [4.78, 5) is 28.3. The normalized spacial score (nSPS) is 16.7. The zero-order valence-corrected chi connectivity index (χ0v) is 23.2. The van der Waals surface area contributed by atoms with Crippen molar-refractivity contribution in [3.8, 4) is 17.2 Å². The average Bonchev–Trinajstić information content (AvgIpc) is 3.17. The van der Waals surface area contributed by atoms with Crippen LogP contribution in [-0.2, 0) is 9.59 Å². The molecule has 0 aliphatic carbocycles. The van der Waals surface area contributed by atoms with Crippen molar-refractivity contribution in [1.29, 1.82) is 0 Å². The quantitative estimate of drug-likeness (QED) is 0.195. The highest BCUT2D eigenvalue weighted by Crippen LogP contribution is 2.43. The van der Waals surface area contributed by atoms with Crippen LogP contribution in [-0.4, -0.2) is 36.6 Å². The highest BCUT2D eigenvalue weighted by molar-refractivity contribution is 6.51. The van der Waals surface area contributed by atoms with Crippen LogP contribution in [0.1, 0.15) is 50.4 Å². The van der Waals surface area contributed by atoms with Crippen molar-refractivity contribution in [1.82, 2.24) is 0 Å². The molecule has 1 aliphatic rings. The summed E-state index contributed by atoms with van der Waals surface area (Å²) in [6.45, 7) is 10.4. The van der Waals surface area contributed by atoms with Gasteiger partial charge in [0.05, 0.1) is 31.4 Å². The highest BCUT2D eigenvalue weighted by Gasteiger charge is 2.47. The lowest BCUT2D eigenvalue weighted by Crippen LogP contribution is -2.29. The van der Waals surface area contributed by atoms with Crippen molar-refractivity contribution >= 4 is 23.1 Å². The molecule has 1 amide bonds. The van der Waals surface area contributed by atoms with Gasteiger partial charge >= 0.3 is 0 Å². The number of Topliss-reactive ketones (excluding diaryl/α,β-unsaturated/α-hetero) is 1. The van der Waals surface area contributed by atoms with E-state index < -0.39 is 17.7 Å². The first-order valence-electron chi connectivity index (χ1n) is 13.1. The van der Waals surface area contributed by atoms with Gasteiger partial charge in [-0.25, -0.2) is 0 Å². The molecule has 0 saturated carbocycles. The van der Waals surface area contributed by atoms with Crippen molar-refractivity contribution < 1.29 is 28.9 Å². The van der Waals surface area contributed by atoms with Crippen LogP contribution in [0.4, 0.5) is 5.69 Å². The molecule has 39 heavy (non-hydrogen) atoms. The van der Waals surface area contributed by atoms with E-state index in [2.05, 4.69) is 13.8 Å². The van der Waals surface area contributed by atoms with E-state index in [1.807, 2.05) is 20.8 Å². The fraction of sp³-hybridized carbons (Fsp3) is 0.312. The van der Waals surface area contributed by atoms with Gasteiger partial charge in [-0.2, -0.15) is 0 Å². The minimum atomic E-state index is -0.843. The Bertz CT molecular complexity index is 1370. The predicted octanol–water partition coefficient (Wildman–Crippen LogP) is 6.45. The maximum absolute atomic E-state index is 13.5. The molecule has 1 heterocycles. The van der Waals surface area contributed by atoms with E-state index in [9.17, 15) is 14.7 Å². The maximum atomic E-state index is 13.5. The Balaban J connectivity index is 1.81. The van der Waals surface area contributed by atoms with Gasteiger partial charge in [0.25, 0.3) is 11.7 Å². The molecule has 1 unspecified atom stereocenters. The molecule has 7 nitrogen and oxygen atoms in total. The predicted molar refractivity (Wildman–Crippen MR) is 151 cm³/mol. The molecular formula is C32H35NO6. The SMILES string of the molecule is COc1ccc(C2/C(=C(/O)c3ccc(OCC(C)C)c(C)c3)C(=O)C(=O)N2c2ccc(OC(C)C)cc2)cc1. The van der Waals surface area contributed by atoms with Gasteiger partial charge in [0.15, 0.2) is 0 Å². The first-order chi connectivity index (χ1) is 18.6. The summed E-state index contributed by atoms with van der Waals surface area (Å²) in [5.41, 5.74) is 2.44. The monoisotopic (exact) mass is 529 g/mol. The smallest absolute Gasteiger partial charge is 0.300 e. The lowest BCUT2D eigenvalue weighted by atomic mass is 9.94. The van der Waals surface area contributed by atoms with E-state index in [4.69, 9.17) is 14.2 Å². The van der Waals surface area contributed by atoms with Crippen LogP contribution in [0, 0.1) is 12.8 Å². The van der Waals surface area contributed by atoms with Crippen LogP contribution in [0.15, 0.2) is 72.3 Å². The standard InChI is InChI=1S/C32H35NO6/c1-19(2)18-38-27-16-9-23(17-21(27)5)30(34)28-29(22-7-12-25(37-6)13-8-22)33(32(36)31(28)35)24-10-14-26(15-11-24)39-20(3)4/h7-17,19-20,29,34H,18H2,1-6H3/b30-28-. The molecule has 0 radical (unpaired) electrons. The molecule has 7 heteroatoms. The zero-order valence-electron chi connectivity index (χ0n) is 23.2. The number of anilines is 1. The second-order valence-corrected chi connectivity index (χ2v) is 10.3. The Labute approximate surface area is 229 Å². The van der Waals surface area contributed by atoms with Crippen LogP contribution in [0.3, 0.4) is 0 Å². The number of ether oxygens (including phenoxy) is 3. The number of hydrogen-bond acceptors (Lipinski definition) is 6. The van der Waals surface area contributed by atoms with Gasteiger partial charge < -0.3 is 19.3 Å². The third-order valence-electron chi connectivity index (χ3n) is 6.38. The van der Waals surface area contributed by atoms with Crippen molar-refractivity contribution in [2.75, 3.05) is 18.6 Å². The topological polar surface area (TPSA) is 85.3 Å². The number of carbonyl (C=O) groups excluding carboxylic acids is 2. The number of nitrogens with zero attached hydrogens (tertiary/aromatic N) is 1. The van der Waals surface area contributed by atoms with Gasteiger partial charge in [0.1, 0.15) is 23.0 Å². The van der Waals surface area contributed by atoms with Crippen LogP contribution < -0.4 is 19.1 Å². The van der Waals surface area contributed by atoms with Crippen LogP contribution in [0.2, 0.25) is 0 Å². The molecule has 1 atom stereocenters. The molecule has 204 valence electrons. The number of carbonyl (C=O) groups is 2. The largest absolute Gasteiger partial charge is 0.507 e. The number of aliphatic hydroxyl groups excluding tert-OH is 1. The van der Waals surface area contributed by atoms with Gasteiger partial charge in [-0.15, -0.1) is 0 Å². The van der Waals surface area contributed by atoms with E-state index in [-0.39, 0.29) is 17.4 Å². The number of ketones is 1. The second kappa shape index (κ2) is 11.6. The van der Waals surface area contributed by atoms with Crippen LogP contribution >= 0.6 is 0 Å². The average molecular weight is 530 g/mol. The van der Waals surface area contributed by atoms with Gasteiger partial charge in [0, 0.05) is 11.3 Å². The highest BCUT2D eigenvalue weighted by atomic mass is 16.5. The summed E-state index contributed by atoms with van der Waals surface area (Å²) in [6, 6.07) is 18.5. The molecule has 1 N–H and O–H groups in total. The first-order valence-corrected chi connectivity index (χ1v) is 13.1. The van der Waals surface area contributed by atoms with E-state index in [1.54, 1.807) is 73.8 Å².